The first kappa shape index (κ1) is 69.9. The lowest BCUT2D eigenvalue weighted by Crippen LogP contribution is -2.61. The van der Waals surface area contributed by atoms with Crippen molar-refractivity contribution in [2.45, 2.75) is 294 Å². The third kappa shape index (κ3) is 39.8. The minimum Gasteiger partial charge on any atom is -0.454 e. The van der Waals surface area contributed by atoms with Crippen molar-refractivity contribution in [2.75, 3.05) is 13.2 Å². The first-order valence-corrected chi connectivity index (χ1v) is 30.4. The number of rotatable bonds is 50. The highest BCUT2D eigenvalue weighted by molar-refractivity contribution is 5.80. The number of hydrogen-bond acceptors (Lipinski definition) is 10. The van der Waals surface area contributed by atoms with Crippen LogP contribution in [0.25, 0.3) is 0 Å². The first-order valence-electron chi connectivity index (χ1n) is 30.4. The summed E-state index contributed by atoms with van der Waals surface area (Å²) < 4.78 is 17.6. The summed E-state index contributed by atoms with van der Waals surface area (Å²) in [7, 11) is 0. The van der Waals surface area contributed by atoms with Crippen LogP contribution < -0.4 is 5.32 Å². The molecule has 1 aliphatic rings. The summed E-state index contributed by atoms with van der Waals surface area (Å²) in [5.74, 6) is -1.23. The number of hydrogen-bond donors (Lipinski definition) is 6. The summed E-state index contributed by atoms with van der Waals surface area (Å²) in [6.45, 7) is 5.62. The SMILES string of the molecule is CC/C=C/C/C=C/C/C=C/CCCCCC(O)C(=O)NC(COC1OC(CO)C(O)C(O)C1OC(=O)CCCCCCCCCC/C=C\C/C=C\C/C=C\CCCCC)C(O)/C=C/CCCCCCCCCCCC. The molecule has 0 aliphatic carbocycles. The summed E-state index contributed by atoms with van der Waals surface area (Å²) in [4.78, 5) is 26.5. The van der Waals surface area contributed by atoms with E-state index in [1.54, 1.807) is 6.08 Å². The predicted molar refractivity (Wildman–Crippen MR) is 310 cm³/mol. The third-order valence-electron chi connectivity index (χ3n) is 13.8. The molecule has 0 spiro atoms. The van der Waals surface area contributed by atoms with Crippen molar-refractivity contribution in [3.63, 3.8) is 0 Å². The minimum absolute atomic E-state index is 0.109. The predicted octanol–water partition coefficient (Wildman–Crippen LogP) is 14.2. The Morgan fingerprint density at radius 2 is 0.960 bits per heavy atom. The van der Waals surface area contributed by atoms with E-state index >= 15 is 0 Å². The Hall–Kier alpha value is -3.16. The number of nitrogens with one attached hydrogen (secondary N) is 1. The lowest BCUT2D eigenvalue weighted by Gasteiger charge is -2.41. The van der Waals surface area contributed by atoms with Gasteiger partial charge in [-0.2, -0.15) is 0 Å². The molecule has 11 heteroatoms. The van der Waals surface area contributed by atoms with Gasteiger partial charge in [0.1, 0.15) is 24.4 Å². The second kappa shape index (κ2) is 51.6. The van der Waals surface area contributed by atoms with Crippen LogP contribution in [0.15, 0.2) is 85.1 Å². The van der Waals surface area contributed by atoms with Crippen LogP contribution in [-0.4, -0.2) is 99.6 Å². The molecule has 1 amide bonds. The minimum atomic E-state index is -1.62. The van der Waals surface area contributed by atoms with Gasteiger partial charge < -0.3 is 45.1 Å². The number of amides is 1. The van der Waals surface area contributed by atoms with Crippen molar-refractivity contribution in [1.29, 1.82) is 0 Å². The van der Waals surface area contributed by atoms with Crippen LogP contribution in [0.5, 0.6) is 0 Å². The Balaban J connectivity index is 2.68. The molecule has 0 saturated carbocycles. The number of allylic oxidation sites excluding steroid dienone is 13. The van der Waals surface area contributed by atoms with Crippen molar-refractivity contribution in [1.82, 2.24) is 5.32 Å². The normalized spacial score (nSPS) is 19.8. The summed E-state index contributed by atoms with van der Waals surface area (Å²) in [6.07, 6.45) is 56.2. The Morgan fingerprint density at radius 1 is 0.533 bits per heavy atom. The molecule has 0 aromatic rings. The largest absolute Gasteiger partial charge is 0.454 e. The van der Waals surface area contributed by atoms with Gasteiger partial charge in [-0.3, -0.25) is 9.59 Å². The van der Waals surface area contributed by atoms with Crippen LogP contribution in [0.1, 0.15) is 245 Å². The molecule has 75 heavy (non-hydrogen) atoms. The molecule has 8 unspecified atom stereocenters. The molecule has 1 saturated heterocycles. The van der Waals surface area contributed by atoms with Gasteiger partial charge >= 0.3 is 5.97 Å². The van der Waals surface area contributed by atoms with Gasteiger partial charge in [0.25, 0.3) is 0 Å². The molecular formula is C64H111NO10. The van der Waals surface area contributed by atoms with E-state index in [4.69, 9.17) is 14.2 Å². The highest BCUT2D eigenvalue weighted by atomic mass is 16.7. The molecule has 432 valence electrons. The standard InChI is InChI=1S/C64H111NO10/c1-4-7-10-13-16-19-22-25-26-27-28-29-30-31-32-34-37-40-43-46-49-52-59(69)75-62-61(71)60(70)58(53-66)74-64(62)73-54-55(56(67)50-47-44-41-38-35-24-21-18-15-12-9-6-3)65-63(72)57(68)51-48-45-42-39-36-33-23-20-17-14-11-8-5-2/h8,11,16-17,19-20,25-26,28-29,33,36,47,50,55-58,60-62,64,66-68,70-71H,4-7,9-10,12-15,18,21-24,27,30-32,34-35,37-46,48-49,51-54H2,1-3H3,(H,65,72)/b11-8+,19-16-,20-17+,26-25-,29-28-,36-33+,50-47+. The van der Waals surface area contributed by atoms with E-state index in [1.165, 1.54) is 96.3 Å². The number of carbonyl (C=O) groups excluding carboxylic acids is 2. The van der Waals surface area contributed by atoms with Crippen LogP contribution in [0.4, 0.5) is 0 Å². The van der Waals surface area contributed by atoms with Crippen LogP contribution >= 0.6 is 0 Å². The lowest BCUT2D eigenvalue weighted by molar-refractivity contribution is -0.305. The van der Waals surface area contributed by atoms with E-state index in [9.17, 15) is 35.1 Å². The second-order valence-corrected chi connectivity index (χ2v) is 20.7. The highest BCUT2D eigenvalue weighted by Crippen LogP contribution is 2.26. The van der Waals surface area contributed by atoms with Gasteiger partial charge in [0.05, 0.1) is 25.4 Å². The zero-order valence-corrected chi connectivity index (χ0v) is 47.6. The monoisotopic (exact) mass is 1050 g/mol. The lowest BCUT2D eigenvalue weighted by atomic mass is 9.99. The number of aliphatic hydroxyl groups excluding tert-OH is 5. The fraction of sp³-hybridized carbons (Fsp3) is 0.750. The van der Waals surface area contributed by atoms with E-state index in [-0.39, 0.29) is 19.4 Å². The van der Waals surface area contributed by atoms with Crippen molar-refractivity contribution in [3.05, 3.63) is 85.1 Å². The third-order valence-corrected chi connectivity index (χ3v) is 13.8. The molecule has 1 heterocycles. The summed E-state index contributed by atoms with van der Waals surface area (Å²) in [5.41, 5.74) is 0. The fourth-order valence-corrected chi connectivity index (χ4v) is 8.97. The van der Waals surface area contributed by atoms with Crippen LogP contribution in [0, 0.1) is 0 Å². The Kier molecular flexibility index (Phi) is 48.0. The first-order chi connectivity index (χ1) is 36.7. The maximum atomic E-state index is 13.4. The maximum Gasteiger partial charge on any atom is 0.306 e. The zero-order valence-electron chi connectivity index (χ0n) is 47.6. The van der Waals surface area contributed by atoms with Crippen molar-refractivity contribution < 1.29 is 49.3 Å². The van der Waals surface area contributed by atoms with Crippen LogP contribution in [0.2, 0.25) is 0 Å². The maximum absolute atomic E-state index is 13.4. The number of carbonyl (C=O) groups is 2. The fourth-order valence-electron chi connectivity index (χ4n) is 8.97. The summed E-state index contributed by atoms with van der Waals surface area (Å²) in [6, 6.07) is -1.04. The highest BCUT2D eigenvalue weighted by Gasteiger charge is 2.47. The van der Waals surface area contributed by atoms with E-state index in [0.717, 1.165) is 103 Å². The van der Waals surface area contributed by atoms with E-state index in [2.05, 4.69) is 99.0 Å². The molecule has 11 nitrogen and oxygen atoms in total. The smallest absolute Gasteiger partial charge is 0.306 e. The van der Waals surface area contributed by atoms with E-state index in [0.29, 0.717) is 12.8 Å². The van der Waals surface area contributed by atoms with Crippen molar-refractivity contribution >= 4 is 11.9 Å². The molecule has 1 aliphatic heterocycles. The van der Waals surface area contributed by atoms with Gasteiger partial charge in [0.15, 0.2) is 12.4 Å². The Labute approximate surface area is 457 Å². The molecule has 0 bridgehead atoms. The topological polar surface area (TPSA) is 175 Å². The van der Waals surface area contributed by atoms with Gasteiger partial charge in [-0.25, -0.2) is 0 Å². The number of unbranched alkanes of at least 4 members (excludes halogenated alkanes) is 24. The van der Waals surface area contributed by atoms with Gasteiger partial charge in [0, 0.05) is 6.42 Å². The Morgan fingerprint density at radius 3 is 1.47 bits per heavy atom. The summed E-state index contributed by atoms with van der Waals surface area (Å²) in [5, 5.41) is 56.9. The molecule has 1 fully saturated rings. The Bertz CT molecular complexity index is 1540. The van der Waals surface area contributed by atoms with Crippen LogP contribution in [0.3, 0.4) is 0 Å². The number of esters is 1. The quantitative estimate of drug-likeness (QED) is 0.0195. The van der Waals surface area contributed by atoms with Crippen molar-refractivity contribution in [3.8, 4) is 0 Å². The molecule has 0 aromatic heterocycles. The molecular weight excluding hydrogens is 943 g/mol. The second-order valence-electron chi connectivity index (χ2n) is 20.7. The van der Waals surface area contributed by atoms with Crippen LogP contribution in [-0.2, 0) is 23.8 Å². The van der Waals surface area contributed by atoms with Gasteiger partial charge in [0.2, 0.25) is 5.91 Å². The number of aliphatic hydroxyl groups is 5. The van der Waals surface area contributed by atoms with E-state index < -0.39 is 67.4 Å². The average Bonchev–Trinajstić information content (AvgIpc) is 3.41. The number of ether oxygens (including phenoxy) is 3. The van der Waals surface area contributed by atoms with Gasteiger partial charge in [-0.15, -0.1) is 0 Å². The van der Waals surface area contributed by atoms with Gasteiger partial charge in [-0.1, -0.05) is 228 Å². The van der Waals surface area contributed by atoms with Crippen molar-refractivity contribution in [2.24, 2.45) is 0 Å². The summed E-state index contributed by atoms with van der Waals surface area (Å²) >= 11 is 0. The zero-order chi connectivity index (χ0) is 54.7. The van der Waals surface area contributed by atoms with Gasteiger partial charge in [-0.05, 0) is 96.3 Å². The molecule has 8 atom stereocenters. The molecule has 6 N–H and O–H groups in total. The molecule has 0 aromatic carbocycles. The average molecular weight is 1050 g/mol. The molecule has 1 rings (SSSR count). The van der Waals surface area contributed by atoms with E-state index in [1.807, 2.05) is 6.08 Å². The molecule has 0 radical (unpaired) electrons.